The van der Waals surface area contributed by atoms with Gasteiger partial charge in [-0.25, -0.2) is 0 Å². The molecule has 2 aliphatic carbocycles. The Morgan fingerprint density at radius 2 is 2.06 bits per heavy atom. The maximum Gasteiger partial charge on any atom is 0.0455 e. The molecule has 0 heterocycles. The molecule has 2 aliphatic rings. The largest absolute Gasteiger partial charge is 0.323 e. The summed E-state index contributed by atoms with van der Waals surface area (Å²) in [5.41, 5.74) is 9.30. The number of rotatable bonds is 3. The van der Waals surface area contributed by atoms with Crippen LogP contribution < -0.4 is 5.73 Å². The Bertz CT molecular complexity index is 429. The molecule has 3 rings (SSSR count). The number of hydrogen-bond acceptors (Lipinski definition) is 2. The third-order valence-corrected chi connectivity index (χ3v) is 4.90. The second-order valence-electron chi connectivity index (χ2n) is 6.24. The first-order chi connectivity index (χ1) is 8.66. The lowest BCUT2D eigenvalue weighted by molar-refractivity contribution is 0.182. The number of aryl methyl sites for hydroxylation is 1. The summed E-state index contributed by atoms with van der Waals surface area (Å²) < 4.78 is 0. The zero-order valence-corrected chi connectivity index (χ0v) is 11.5. The first-order valence-electron chi connectivity index (χ1n) is 7.20. The first-order valence-corrected chi connectivity index (χ1v) is 7.20. The van der Waals surface area contributed by atoms with Crippen molar-refractivity contribution in [1.29, 1.82) is 0 Å². The predicted octanol–water partition coefficient (Wildman–Crippen LogP) is 2.59. The van der Waals surface area contributed by atoms with E-state index in [1.165, 1.54) is 36.9 Å². The van der Waals surface area contributed by atoms with Crippen molar-refractivity contribution in [3.8, 4) is 0 Å². The summed E-state index contributed by atoms with van der Waals surface area (Å²) in [5, 5.41) is 0. The van der Waals surface area contributed by atoms with Crippen molar-refractivity contribution in [3.05, 3.63) is 35.4 Å². The second kappa shape index (κ2) is 4.67. The van der Waals surface area contributed by atoms with Crippen LogP contribution >= 0.6 is 0 Å². The first kappa shape index (κ1) is 12.2. The second-order valence-corrected chi connectivity index (χ2v) is 6.24. The Morgan fingerprint density at radius 1 is 1.33 bits per heavy atom. The fraction of sp³-hybridized carbons (Fsp3) is 0.625. The molecule has 4 atom stereocenters. The van der Waals surface area contributed by atoms with Crippen molar-refractivity contribution in [1.82, 2.24) is 4.90 Å². The van der Waals surface area contributed by atoms with Crippen molar-refractivity contribution < 1.29 is 0 Å². The molecule has 2 heteroatoms. The molecule has 18 heavy (non-hydrogen) atoms. The van der Waals surface area contributed by atoms with Gasteiger partial charge in [-0.15, -0.1) is 0 Å². The predicted molar refractivity (Wildman–Crippen MR) is 75.4 cm³/mol. The van der Waals surface area contributed by atoms with Gasteiger partial charge in [0.1, 0.15) is 0 Å². The fourth-order valence-corrected chi connectivity index (χ4v) is 3.43. The van der Waals surface area contributed by atoms with Gasteiger partial charge in [0.2, 0.25) is 0 Å². The van der Waals surface area contributed by atoms with Gasteiger partial charge in [0, 0.05) is 18.6 Å². The van der Waals surface area contributed by atoms with Crippen LogP contribution in [0.5, 0.6) is 0 Å². The van der Waals surface area contributed by atoms with Crippen LogP contribution in [0.15, 0.2) is 24.3 Å². The van der Waals surface area contributed by atoms with Crippen LogP contribution in [-0.2, 0) is 6.42 Å². The van der Waals surface area contributed by atoms with Crippen molar-refractivity contribution in [2.75, 3.05) is 13.6 Å². The highest BCUT2D eigenvalue weighted by Gasteiger charge is 2.36. The minimum atomic E-state index is 0.189. The molecular formula is C16H24N2. The molecule has 98 valence electrons. The van der Waals surface area contributed by atoms with Crippen molar-refractivity contribution in [3.63, 3.8) is 0 Å². The Labute approximate surface area is 110 Å². The van der Waals surface area contributed by atoms with E-state index in [4.69, 9.17) is 5.73 Å². The molecule has 1 saturated carbocycles. The average Bonchev–Trinajstić information content (AvgIpc) is 3.05. The van der Waals surface area contributed by atoms with E-state index in [1.807, 2.05) is 0 Å². The molecule has 1 aromatic carbocycles. The standard InChI is InChI=1S/C16H24N2/c1-11-9-13(11)10-18(2)15-8-7-12-5-3-4-6-14(12)16(15)17/h3-6,11,13,15-16H,7-10,17H2,1-2H3. The minimum absolute atomic E-state index is 0.189. The molecule has 0 amide bonds. The Balaban J connectivity index is 1.71. The van der Waals surface area contributed by atoms with E-state index >= 15 is 0 Å². The van der Waals surface area contributed by atoms with Gasteiger partial charge in [-0.05, 0) is 49.3 Å². The van der Waals surface area contributed by atoms with Crippen LogP contribution in [0, 0.1) is 11.8 Å². The van der Waals surface area contributed by atoms with Gasteiger partial charge in [-0.2, -0.15) is 0 Å². The number of likely N-dealkylation sites (N-methyl/N-ethyl adjacent to an activating group) is 1. The van der Waals surface area contributed by atoms with Gasteiger partial charge < -0.3 is 10.6 Å². The maximum atomic E-state index is 6.48. The Morgan fingerprint density at radius 3 is 2.78 bits per heavy atom. The lowest BCUT2D eigenvalue weighted by Crippen LogP contribution is -2.44. The maximum absolute atomic E-state index is 6.48. The number of hydrogen-bond donors (Lipinski definition) is 1. The molecule has 0 radical (unpaired) electrons. The van der Waals surface area contributed by atoms with E-state index < -0.39 is 0 Å². The normalized spacial score (nSPS) is 34.4. The number of benzene rings is 1. The number of nitrogens with two attached hydrogens (primary N) is 1. The fourth-order valence-electron chi connectivity index (χ4n) is 3.43. The summed E-state index contributed by atoms with van der Waals surface area (Å²) in [6.07, 6.45) is 3.79. The highest BCUT2D eigenvalue weighted by atomic mass is 15.2. The van der Waals surface area contributed by atoms with Crippen molar-refractivity contribution in [2.24, 2.45) is 17.6 Å². The quantitative estimate of drug-likeness (QED) is 0.885. The molecule has 1 aromatic rings. The summed E-state index contributed by atoms with van der Waals surface area (Å²) in [4.78, 5) is 2.51. The zero-order chi connectivity index (χ0) is 12.7. The van der Waals surface area contributed by atoms with Gasteiger partial charge in [0.25, 0.3) is 0 Å². The lowest BCUT2D eigenvalue weighted by Gasteiger charge is -2.37. The van der Waals surface area contributed by atoms with E-state index in [2.05, 4.69) is 43.1 Å². The SMILES string of the molecule is CC1CC1CN(C)C1CCc2ccccc2C1N. The molecule has 0 saturated heterocycles. The Kier molecular flexibility index (Phi) is 3.16. The Hall–Kier alpha value is -0.860. The van der Waals surface area contributed by atoms with Gasteiger partial charge >= 0.3 is 0 Å². The molecule has 0 bridgehead atoms. The topological polar surface area (TPSA) is 29.3 Å². The highest BCUT2D eigenvalue weighted by Crippen LogP contribution is 2.39. The monoisotopic (exact) mass is 244 g/mol. The van der Waals surface area contributed by atoms with Crippen LogP contribution in [0.1, 0.15) is 36.9 Å². The van der Waals surface area contributed by atoms with Gasteiger partial charge in [-0.3, -0.25) is 0 Å². The average molecular weight is 244 g/mol. The zero-order valence-electron chi connectivity index (χ0n) is 11.5. The van der Waals surface area contributed by atoms with Crippen molar-refractivity contribution in [2.45, 2.75) is 38.3 Å². The summed E-state index contributed by atoms with van der Waals surface area (Å²) in [6, 6.07) is 9.39. The highest BCUT2D eigenvalue weighted by molar-refractivity contribution is 5.33. The molecule has 0 spiro atoms. The van der Waals surface area contributed by atoms with Crippen LogP contribution in [0.4, 0.5) is 0 Å². The van der Waals surface area contributed by atoms with Gasteiger partial charge in [0.15, 0.2) is 0 Å². The van der Waals surface area contributed by atoms with E-state index in [0.717, 1.165) is 11.8 Å². The molecule has 2 nitrogen and oxygen atoms in total. The summed E-state index contributed by atoms with van der Waals surface area (Å²) >= 11 is 0. The summed E-state index contributed by atoms with van der Waals surface area (Å²) in [6.45, 7) is 3.58. The number of fused-ring (bicyclic) bond motifs is 1. The minimum Gasteiger partial charge on any atom is -0.323 e. The lowest BCUT2D eigenvalue weighted by atomic mass is 9.84. The number of nitrogens with zero attached hydrogens (tertiary/aromatic N) is 1. The molecule has 2 N–H and O–H groups in total. The van der Waals surface area contributed by atoms with Crippen molar-refractivity contribution >= 4 is 0 Å². The van der Waals surface area contributed by atoms with E-state index in [1.54, 1.807) is 0 Å². The van der Waals surface area contributed by atoms with Gasteiger partial charge in [0.05, 0.1) is 0 Å². The molecule has 4 unspecified atom stereocenters. The smallest absolute Gasteiger partial charge is 0.0455 e. The third kappa shape index (κ3) is 2.19. The van der Waals surface area contributed by atoms with E-state index in [9.17, 15) is 0 Å². The van der Waals surface area contributed by atoms with Gasteiger partial charge in [-0.1, -0.05) is 31.2 Å². The molecule has 0 aliphatic heterocycles. The van der Waals surface area contributed by atoms with Crippen LogP contribution in [0.25, 0.3) is 0 Å². The molecule has 1 fully saturated rings. The molecule has 0 aromatic heterocycles. The van der Waals surface area contributed by atoms with Crippen LogP contribution in [-0.4, -0.2) is 24.5 Å². The summed E-state index contributed by atoms with van der Waals surface area (Å²) in [5.74, 6) is 1.85. The van der Waals surface area contributed by atoms with Crippen LogP contribution in [0.2, 0.25) is 0 Å². The molecular weight excluding hydrogens is 220 g/mol. The van der Waals surface area contributed by atoms with E-state index in [0.29, 0.717) is 6.04 Å². The van der Waals surface area contributed by atoms with E-state index in [-0.39, 0.29) is 6.04 Å². The van der Waals surface area contributed by atoms with Crippen LogP contribution in [0.3, 0.4) is 0 Å². The third-order valence-electron chi connectivity index (χ3n) is 4.90. The summed E-state index contributed by atoms with van der Waals surface area (Å²) in [7, 11) is 2.25.